The van der Waals surface area contributed by atoms with Gasteiger partial charge in [0.25, 0.3) is 0 Å². The van der Waals surface area contributed by atoms with Gasteiger partial charge in [-0.1, -0.05) is 30.7 Å². The zero-order valence-corrected chi connectivity index (χ0v) is 15.1. The van der Waals surface area contributed by atoms with E-state index in [1.807, 2.05) is 37.3 Å². The molecule has 0 bridgehead atoms. The molecule has 0 spiro atoms. The van der Waals surface area contributed by atoms with E-state index in [4.69, 9.17) is 22.1 Å². The number of anilines is 3. The second-order valence-corrected chi connectivity index (χ2v) is 6.58. The van der Waals surface area contributed by atoms with E-state index in [2.05, 4.69) is 17.1 Å². The van der Waals surface area contributed by atoms with Gasteiger partial charge in [0.1, 0.15) is 17.9 Å². The summed E-state index contributed by atoms with van der Waals surface area (Å²) >= 11 is 6.14. The minimum absolute atomic E-state index is 0.0184. The van der Waals surface area contributed by atoms with Crippen LogP contribution in [0.15, 0.2) is 42.5 Å². The number of nitrogen functional groups attached to an aromatic ring is 1. The van der Waals surface area contributed by atoms with E-state index in [-0.39, 0.29) is 18.1 Å². The van der Waals surface area contributed by atoms with E-state index >= 15 is 0 Å². The van der Waals surface area contributed by atoms with Crippen molar-refractivity contribution in [2.45, 2.75) is 32.4 Å². The van der Waals surface area contributed by atoms with Crippen molar-refractivity contribution >= 4 is 34.6 Å². The van der Waals surface area contributed by atoms with E-state index in [1.54, 1.807) is 12.1 Å². The Balaban J connectivity index is 1.84. The molecule has 1 heterocycles. The fourth-order valence-electron chi connectivity index (χ4n) is 2.92. The zero-order valence-electron chi connectivity index (χ0n) is 14.3. The van der Waals surface area contributed by atoms with Gasteiger partial charge in [0.05, 0.1) is 22.9 Å². The second kappa shape index (κ2) is 7.23. The minimum Gasteiger partial charge on any atom is -0.486 e. The molecule has 6 heteroatoms. The minimum atomic E-state index is -0.378. The predicted molar refractivity (Wildman–Crippen MR) is 102 cm³/mol. The molecule has 5 nitrogen and oxygen atoms in total. The third-order valence-electron chi connectivity index (χ3n) is 4.42. The predicted octanol–water partition coefficient (Wildman–Crippen LogP) is 3.93. The Morgan fingerprint density at radius 2 is 2.16 bits per heavy atom. The first-order chi connectivity index (χ1) is 12.0. The van der Waals surface area contributed by atoms with Gasteiger partial charge in [-0.15, -0.1) is 0 Å². The van der Waals surface area contributed by atoms with Gasteiger partial charge in [0.15, 0.2) is 0 Å². The third-order valence-corrected chi connectivity index (χ3v) is 4.75. The number of ether oxygens (including phenoxy) is 1. The van der Waals surface area contributed by atoms with Gasteiger partial charge in [0, 0.05) is 11.8 Å². The number of halogens is 1. The summed E-state index contributed by atoms with van der Waals surface area (Å²) in [4.78, 5) is 14.8. The smallest absolute Gasteiger partial charge is 0.246 e. The van der Waals surface area contributed by atoms with Crippen LogP contribution >= 0.6 is 11.6 Å². The summed E-state index contributed by atoms with van der Waals surface area (Å²) in [5, 5.41) is 3.42. The summed E-state index contributed by atoms with van der Waals surface area (Å²) in [7, 11) is 0. The Morgan fingerprint density at radius 3 is 2.88 bits per heavy atom. The van der Waals surface area contributed by atoms with Gasteiger partial charge in [-0.05, 0) is 37.6 Å². The number of carbonyl (C=O) groups is 1. The highest BCUT2D eigenvalue weighted by Crippen LogP contribution is 2.37. The van der Waals surface area contributed by atoms with Crippen LogP contribution in [0.4, 0.5) is 17.1 Å². The average molecular weight is 360 g/mol. The summed E-state index contributed by atoms with van der Waals surface area (Å²) in [6.45, 7) is 4.59. The lowest BCUT2D eigenvalue weighted by atomic mass is 10.1. The lowest BCUT2D eigenvalue weighted by molar-refractivity contribution is -0.117. The molecular formula is C19H22ClN3O2. The standard InChI is InChI=1S/C19H22ClN3O2/c1-3-14-11-23(17-9-8-13(21)10-18(17)25-14)12(2)19(24)22-16-7-5-4-6-15(16)20/h4-10,12,14H,3,11,21H2,1-2H3,(H,22,24). The van der Waals surface area contributed by atoms with Gasteiger partial charge in [-0.25, -0.2) is 0 Å². The van der Waals surface area contributed by atoms with Crippen molar-refractivity contribution in [3.05, 3.63) is 47.5 Å². The number of hydrogen-bond acceptors (Lipinski definition) is 4. The van der Waals surface area contributed by atoms with Crippen molar-refractivity contribution in [1.29, 1.82) is 0 Å². The van der Waals surface area contributed by atoms with Crippen LogP contribution in [-0.2, 0) is 4.79 Å². The van der Waals surface area contributed by atoms with E-state index in [0.717, 1.165) is 17.9 Å². The van der Waals surface area contributed by atoms with E-state index < -0.39 is 0 Å². The molecule has 0 saturated heterocycles. The summed E-state index contributed by atoms with van der Waals surface area (Å²) in [5.41, 5.74) is 8.00. The lowest BCUT2D eigenvalue weighted by Gasteiger charge is -2.39. The average Bonchev–Trinajstić information content (AvgIpc) is 2.61. The number of benzene rings is 2. The summed E-state index contributed by atoms with van der Waals surface area (Å²) in [6, 6.07) is 12.4. The molecule has 2 aromatic rings. The van der Waals surface area contributed by atoms with Crippen LogP contribution < -0.4 is 20.7 Å². The van der Waals surface area contributed by atoms with Crippen molar-refractivity contribution in [3.8, 4) is 5.75 Å². The first-order valence-corrected chi connectivity index (χ1v) is 8.75. The molecule has 1 aliphatic rings. The first kappa shape index (κ1) is 17.4. The molecule has 0 aliphatic carbocycles. The molecule has 3 N–H and O–H groups in total. The molecule has 0 radical (unpaired) electrons. The molecule has 1 aliphatic heterocycles. The van der Waals surface area contributed by atoms with Crippen LogP contribution in [0, 0.1) is 0 Å². The molecule has 3 rings (SSSR count). The molecule has 132 valence electrons. The first-order valence-electron chi connectivity index (χ1n) is 8.37. The van der Waals surface area contributed by atoms with E-state index in [9.17, 15) is 4.79 Å². The number of fused-ring (bicyclic) bond motifs is 1. The normalized spacial score (nSPS) is 17.4. The number of nitrogens with two attached hydrogens (primary N) is 1. The molecule has 2 aromatic carbocycles. The Morgan fingerprint density at radius 1 is 1.40 bits per heavy atom. The van der Waals surface area contributed by atoms with Gasteiger partial charge in [-0.3, -0.25) is 4.79 Å². The fraction of sp³-hybridized carbons (Fsp3) is 0.316. The Hall–Kier alpha value is -2.40. The van der Waals surface area contributed by atoms with E-state index in [0.29, 0.717) is 22.9 Å². The number of nitrogens with one attached hydrogen (secondary N) is 1. The van der Waals surface area contributed by atoms with Crippen LogP contribution in [0.5, 0.6) is 5.75 Å². The molecule has 1 amide bonds. The van der Waals surface area contributed by atoms with Crippen molar-refractivity contribution in [2.75, 3.05) is 22.5 Å². The molecule has 0 saturated carbocycles. The van der Waals surface area contributed by atoms with Crippen LogP contribution in [-0.4, -0.2) is 24.6 Å². The molecule has 0 aromatic heterocycles. The third kappa shape index (κ3) is 3.66. The maximum Gasteiger partial charge on any atom is 0.246 e. The van der Waals surface area contributed by atoms with Gasteiger partial charge >= 0.3 is 0 Å². The summed E-state index contributed by atoms with van der Waals surface area (Å²) < 4.78 is 5.98. The van der Waals surface area contributed by atoms with Gasteiger partial charge in [-0.2, -0.15) is 0 Å². The number of hydrogen-bond donors (Lipinski definition) is 2. The summed E-state index contributed by atoms with van der Waals surface area (Å²) in [6.07, 6.45) is 0.869. The summed E-state index contributed by atoms with van der Waals surface area (Å²) in [5.74, 6) is 0.600. The molecule has 25 heavy (non-hydrogen) atoms. The number of carbonyl (C=O) groups excluding carboxylic acids is 1. The van der Waals surface area contributed by atoms with E-state index in [1.165, 1.54) is 0 Å². The van der Waals surface area contributed by atoms with Crippen molar-refractivity contribution in [3.63, 3.8) is 0 Å². The molecule has 2 unspecified atom stereocenters. The highest BCUT2D eigenvalue weighted by Gasteiger charge is 2.31. The van der Waals surface area contributed by atoms with Crippen molar-refractivity contribution in [2.24, 2.45) is 0 Å². The van der Waals surface area contributed by atoms with Crippen LogP contribution in [0.1, 0.15) is 20.3 Å². The molecule has 2 atom stereocenters. The Bertz CT molecular complexity index is 781. The maximum atomic E-state index is 12.8. The number of para-hydroxylation sites is 1. The topological polar surface area (TPSA) is 67.6 Å². The largest absolute Gasteiger partial charge is 0.486 e. The van der Waals surface area contributed by atoms with Crippen LogP contribution in [0.25, 0.3) is 0 Å². The Labute approximate surface area is 152 Å². The SMILES string of the molecule is CCC1CN(C(C)C(=O)Nc2ccccc2Cl)c2ccc(N)cc2O1. The molecule has 0 fully saturated rings. The highest BCUT2D eigenvalue weighted by atomic mass is 35.5. The van der Waals surface area contributed by atoms with Crippen molar-refractivity contribution < 1.29 is 9.53 Å². The van der Waals surface area contributed by atoms with Crippen molar-refractivity contribution in [1.82, 2.24) is 0 Å². The van der Waals surface area contributed by atoms with Crippen LogP contribution in [0.3, 0.4) is 0 Å². The molecular weight excluding hydrogens is 338 g/mol. The fourth-order valence-corrected chi connectivity index (χ4v) is 3.10. The number of amides is 1. The highest BCUT2D eigenvalue weighted by molar-refractivity contribution is 6.33. The number of nitrogens with zero attached hydrogens (tertiary/aromatic N) is 1. The lowest BCUT2D eigenvalue weighted by Crippen LogP contribution is -2.49. The zero-order chi connectivity index (χ0) is 18.0. The van der Waals surface area contributed by atoms with Gasteiger partial charge in [0.2, 0.25) is 5.91 Å². The maximum absolute atomic E-state index is 12.8. The van der Waals surface area contributed by atoms with Gasteiger partial charge < -0.3 is 20.7 Å². The van der Waals surface area contributed by atoms with Crippen LogP contribution in [0.2, 0.25) is 5.02 Å². The second-order valence-electron chi connectivity index (χ2n) is 6.17. The Kier molecular flexibility index (Phi) is 5.04. The monoisotopic (exact) mass is 359 g/mol. The quantitative estimate of drug-likeness (QED) is 0.812. The number of rotatable bonds is 4.